The van der Waals surface area contributed by atoms with E-state index in [4.69, 9.17) is 0 Å². The Bertz CT molecular complexity index is 157. The van der Waals surface area contributed by atoms with Gasteiger partial charge in [-0.15, -0.1) is 0 Å². The van der Waals surface area contributed by atoms with E-state index in [1.54, 1.807) is 5.01 Å². The lowest BCUT2D eigenvalue weighted by atomic mass is 10.3. The molecule has 0 aliphatic heterocycles. The van der Waals surface area contributed by atoms with E-state index >= 15 is 0 Å². The van der Waals surface area contributed by atoms with Gasteiger partial charge in [-0.25, -0.2) is 9.80 Å². The van der Waals surface area contributed by atoms with Crippen LogP contribution in [0.25, 0.3) is 0 Å². The van der Waals surface area contributed by atoms with Crippen LogP contribution in [0.5, 0.6) is 0 Å². The number of hydrogen-bond acceptors (Lipinski definition) is 2. The van der Waals surface area contributed by atoms with E-state index in [0.717, 1.165) is 13.0 Å². The summed E-state index contributed by atoms with van der Waals surface area (Å²) in [5.41, 5.74) is 2.73. The number of hydrazine groups is 1. The molecule has 78 valence electrons. The summed E-state index contributed by atoms with van der Waals surface area (Å²) in [5, 5.41) is 1.66. The Balaban J connectivity index is 4.11. The van der Waals surface area contributed by atoms with Gasteiger partial charge < -0.3 is 4.90 Å². The average molecular weight is 187 g/mol. The number of nitrogens with one attached hydrogen (secondary N) is 1. The molecule has 0 rings (SSSR count). The second-order valence-corrected chi connectivity index (χ2v) is 3.60. The van der Waals surface area contributed by atoms with Gasteiger partial charge in [-0.1, -0.05) is 6.92 Å². The Morgan fingerprint density at radius 1 is 1.38 bits per heavy atom. The van der Waals surface area contributed by atoms with E-state index in [-0.39, 0.29) is 12.1 Å². The SMILES string of the molecule is CCCN(C(=O)NN(C)C)C(C)C. The first kappa shape index (κ1) is 12.2. The Labute approximate surface area is 80.9 Å². The highest BCUT2D eigenvalue weighted by molar-refractivity contribution is 5.73. The van der Waals surface area contributed by atoms with Crippen LogP contribution in [0.15, 0.2) is 0 Å². The minimum atomic E-state index is -0.0261. The Hall–Kier alpha value is -0.770. The number of carbonyl (C=O) groups is 1. The van der Waals surface area contributed by atoms with Gasteiger partial charge in [0.25, 0.3) is 0 Å². The zero-order valence-electron chi connectivity index (χ0n) is 9.29. The Morgan fingerprint density at radius 2 is 1.92 bits per heavy atom. The van der Waals surface area contributed by atoms with Crippen molar-refractivity contribution in [3.05, 3.63) is 0 Å². The van der Waals surface area contributed by atoms with E-state index < -0.39 is 0 Å². The second-order valence-electron chi connectivity index (χ2n) is 3.60. The fourth-order valence-corrected chi connectivity index (χ4v) is 1.09. The summed E-state index contributed by atoms with van der Waals surface area (Å²) in [7, 11) is 3.62. The van der Waals surface area contributed by atoms with Crippen molar-refractivity contribution in [2.24, 2.45) is 0 Å². The number of hydrogen-bond donors (Lipinski definition) is 1. The number of carbonyl (C=O) groups excluding carboxylic acids is 1. The van der Waals surface area contributed by atoms with Crippen molar-refractivity contribution < 1.29 is 4.79 Å². The molecule has 0 atom stereocenters. The number of urea groups is 1. The molecule has 0 saturated carbocycles. The minimum absolute atomic E-state index is 0.0261. The molecular formula is C9H21N3O. The van der Waals surface area contributed by atoms with E-state index in [1.165, 1.54) is 0 Å². The molecule has 0 spiro atoms. The predicted molar refractivity (Wildman–Crippen MR) is 54.4 cm³/mol. The first-order valence-corrected chi connectivity index (χ1v) is 4.73. The molecule has 1 N–H and O–H groups in total. The van der Waals surface area contributed by atoms with Crippen LogP contribution in [0.1, 0.15) is 27.2 Å². The summed E-state index contributed by atoms with van der Waals surface area (Å²) < 4.78 is 0. The van der Waals surface area contributed by atoms with Gasteiger partial charge in [-0.05, 0) is 20.3 Å². The van der Waals surface area contributed by atoms with Gasteiger partial charge in [-0.3, -0.25) is 5.43 Å². The maximum Gasteiger partial charge on any atom is 0.332 e. The molecule has 0 radical (unpaired) electrons. The van der Waals surface area contributed by atoms with Crippen LogP contribution in [-0.2, 0) is 0 Å². The minimum Gasteiger partial charge on any atom is -0.321 e. The van der Waals surface area contributed by atoms with E-state index in [9.17, 15) is 4.79 Å². The number of amides is 2. The molecule has 0 unspecified atom stereocenters. The molecule has 13 heavy (non-hydrogen) atoms. The van der Waals surface area contributed by atoms with Crippen molar-refractivity contribution >= 4 is 6.03 Å². The van der Waals surface area contributed by atoms with Gasteiger partial charge in [0.05, 0.1) is 0 Å². The molecule has 0 aliphatic carbocycles. The van der Waals surface area contributed by atoms with Crippen LogP contribution in [0.3, 0.4) is 0 Å². The highest BCUT2D eigenvalue weighted by Crippen LogP contribution is 1.99. The van der Waals surface area contributed by atoms with E-state index in [0.29, 0.717) is 0 Å². The third-order valence-corrected chi connectivity index (χ3v) is 1.67. The zero-order chi connectivity index (χ0) is 10.4. The third kappa shape index (κ3) is 4.72. The summed E-state index contributed by atoms with van der Waals surface area (Å²) in [6.45, 7) is 6.91. The zero-order valence-corrected chi connectivity index (χ0v) is 9.29. The van der Waals surface area contributed by atoms with Crippen LogP contribution in [0.4, 0.5) is 4.79 Å². The number of rotatable bonds is 4. The van der Waals surface area contributed by atoms with Crippen LogP contribution in [0, 0.1) is 0 Å². The molecule has 0 aromatic carbocycles. The highest BCUT2D eigenvalue weighted by Gasteiger charge is 2.15. The van der Waals surface area contributed by atoms with Crippen molar-refractivity contribution in [3.63, 3.8) is 0 Å². The lowest BCUT2D eigenvalue weighted by molar-refractivity contribution is 0.158. The van der Waals surface area contributed by atoms with Gasteiger partial charge in [0.1, 0.15) is 0 Å². The fraction of sp³-hybridized carbons (Fsp3) is 0.889. The molecule has 4 nitrogen and oxygen atoms in total. The number of nitrogens with zero attached hydrogens (tertiary/aromatic N) is 2. The van der Waals surface area contributed by atoms with Gasteiger partial charge in [-0.2, -0.15) is 0 Å². The summed E-state index contributed by atoms with van der Waals surface area (Å²) in [6.07, 6.45) is 0.985. The third-order valence-electron chi connectivity index (χ3n) is 1.67. The smallest absolute Gasteiger partial charge is 0.321 e. The molecule has 2 amide bonds. The summed E-state index contributed by atoms with van der Waals surface area (Å²) in [4.78, 5) is 13.4. The highest BCUT2D eigenvalue weighted by atomic mass is 16.2. The molecule has 0 aromatic rings. The van der Waals surface area contributed by atoms with Gasteiger partial charge in [0.2, 0.25) is 0 Å². The Morgan fingerprint density at radius 3 is 2.23 bits per heavy atom. The predicted octanol–water partition coefficient (Wildman–Crippen LogP) is 1.29. The first-order valence-electron chi connectivity index (χ1n) is 4.73. The largest absolute Gasteiger partial charge is 0.332 e. The topological polar surface area (TPSA) is 35.6 Å². The van der Waals surface area contributed by atoms with E-state index in [1.807, 2.05) is 32.8 Å². The molecule has 0 bridgehead atoms. The van der Waals surface area contributed by atoms with Crippen LogP contribution in [0.2, 0.25) is 0 Å². The monoisotopic (exact) mass is 187 g/mol. The van der Waals surface area contributed by atoms with Gasteiger partial charge >= 0.3 is 6.03 Å². The van der Waals surface area contributed by atoms with Crippen LogP contribution in [-0.4, -0.2) is 42.6 Å². The molecule has 0 aromatic heterocycles. The standard InChI is InChI=1S/C9H21N3O/c1-6-7-12(8(2)3)9(13)10-11(4)5/h8H,6-7H2,1-5H3,(H,10,13). The lowest BCUT2D eigenvalue weighted by Crippen LogP contribution is -2.48. The van der Waals surface area contributed by atoms with E-state index in [2.05, 4.69) is 12.3 Å². The van der Waals surface area contributed by atoms with Crippen molar-refractivity contribution in [1.82, 2.24) is 15.3 Å². The molecule has 0 saturated heterocycles. The molecule has 0 aliphatic rings. The lowest BCUT2D eigenvalue weighted by Gasteiger charge is -2.27. The maximum absolute atomic E-state index is 11.6. The summed E-state index contributed by atoms with van der Waals surface area (Å²) >= 11 is 0. The van der Waals surface area contributed by atoms with Gasteiger partial charge in [0.15, 0.2) is 0 Å². The van der Waals surface area contributed by atoms with Crippen molar-refractivity contribution in [2.75, 3.05) is 20.6 Å². The van der Waals surface area contributed by atoms with Crippen LogP contribution < -0.4 is 5.43 Å². The average Bonchev–Trinajstić information content (AvgIpc) is 1.97. The van der Waals surface area contributed by atoms with Crippen LogP contribution >= 0.6 is 0 Å². The normalized spacial score (nSPS) is 10.7. The fourth-order valence-electron chi connectivity index (χ4n) is 1.09. The molecule has 0 fully saturated rings. The molecular weight excluding hydrogens is 166 g/mol. The molecule has 0 heterocycles. The van der Waals surface area contributed by atoms with Crippen molar-refractivity contribution in [1.29, 1.82) is 0 Å². The second kappa shape index (κ2) is 5.80. The van der Waals surface area contributed by atoms with Gasteiger partial charge in [0, 0.05) is 26.7 Å². The maximum atomic E-state index is 11.6. The Kier molecular flexibility index (Phi) is 5.46. The van der Waals surface area contributed by atoms with Crippen molar-refractivity contribution in [2.45, 2.75) is 33.2 Å². The quantitative estimate of drug-likeness (QED) is 0.673. The van der Waals surface area contributed by atoms with Crippen molar-refractivity contribution in [3.8, 4) is 0 Å². The summed E-state index contributed by atoms with van der Waals surface area (Å²) in [6, 6.07) is 0.224. The molecule has 4 heteroatoms. The summed E-state index contributed by atoms with van der Waals surface area (Å²) in [5.74, 6) is 0. The first-order chi connectivity index (χ1) is 5.99.